The monoisotopic (exact) mass is 189 g/mol. The molecule has 0 aromatic heterocycles. The number of nitrogens with one attached hydrogen (secondary N) is 1. The third kappa shape index (κ3) is 3.25. The lowest BCUT2D eigenvalue weighted by Crippen LogP contribution is -2.15. The summed E-state index contributed by atoms with van der Waals surface area (Å²) in [5.74, 6) is 0. The summed E-state index contributed by atoms with van der Waals surface area (Å²) >= 11 is 0. The number of aryl methyl sites for hydroxylation is 1. The molecule has 0 aliphatic rings. The second-order valence-electron chi connectivity index (χ2n) is 3.73. The van der Waals surface area contributed by atoms with Crippen LogP contribution in [0.1, 0.15) is 25.3 Å². The standard InChI is InChI=1S/C13H19N/c1-4-5-9-12(3)14-13-10-7-6-8-11(13)2/h4,6-8,10,12,14H,1,5,9H2,2-3H3. The first-order valence-electron chi connectivity index (χ1n) is 5.17. The van der Waals surface area contributed by atoms with E-state index in [1.807, 2.05) is 6.08 Å². The zero-order valence-electron chi connectivity index (χ0n) is 9.09. The van der Waals surface area contributed by atoms with E-state index in [2.05, 4.69) is 50.0 Å². The Kier molecular flexibility index (Phi) is 4.24. The molecule has 14 heavy (non-hydrogen) atoms. The quantitative estimate of drug-likeness (QED) is 0.695. The van der Waals surface area contributed by atoms with Crippen LogP contribution >= 0.6 is 0 Å². The number of para-hydroxylation sites is 1. The highest BCUT2D eigenvalue weighted by molar-refractivity contribution is 5.50. The third-order valence-corrected chi connectivity index (χ3v) is 2.35. The van der Waals surface area contributed by atoms with Crippen molar-refractivity contribution in [1.82, 2.24) is 0 Å². The van der Waals surface area contributed by atoms with Crippen molar-refractivity contribution in [3.05, 3.63) is 42.5 Å². The molecule has 0 aliphatic carbocycles. The van der Waals surface area contributed by atoms with Crippen molar-refractivity contribution in [2.24, 2.45) is 0 Å². The Balaban J connectivity index is 2.51. The summed E-state index contributed by atoms with van der Waals surface area (Å²) in [6.45, 7) is 8.06. The number of anilines is 1. The molecular formula is C13H19N. The predicted molar refractivity (Wildman–Crippen MR) is 63.7 cm³/mol. The average molecular weight is 189 g/mol. The van der Waals surface area contributed by atoms with Gasteiger partial charge in [0.15, 0.2) is 0 Å². The Labute approximate surface area is 86.8 Å². The van der Waals surface area contributed by atoms with E-state index in [1.165, 1.54) is 11.3 Å². The first kappa shape index (κ1) is 10.8. The molecule has 0 saturated heterocycles. The summed E-state index contributed by atoms with van der Waals surface area (Å²) in [5.41, 5.74) is 2.54. The molecule has 1 aromatic carbocycles. The molecule has 1 rings (SSSR count). The number of rotatable bonds is 5. The molecule has 1 heteroatoms. The highest BCUT2D eigenvalue weighted by Crippen LogP contribution is 2.15. The predicted octanol–water partition coefficient (Wildman–Crippen LogP) is 3.76. The van der Waals surface area contributed by atoms with Gasteiger partial charge in [0.05, 0.1) is 0 Å². The second-order valence-corrected chi connectivity index (χ2v) is 3.73. The van der Waals surface area contributed by atoms with Crippen LogP contribution in [-0.2, 0) is 0 Å². The van der Waals surface area contributed by atoms with Gasteiger partial charge < -0.3 is 5.32 Å². The SMILES string of the molecule is C=CCCC(C)Nc1ccccc1C. The van der Waals surface area contributed by atoms with Gasteiger partial charge in [0, 0.05) is 11.7 Å². The van der Waals surface area contributed by atoms with Gasteiger partial charge in [-0.25, -0.2) is 0 Å². The molecule has 76 valence electrons. The van der Waals surface area contributed by atoms with E-state index in [9.17, 15) is 0 Å². The molecule has 1 N–H and O–H groups in total. The third-order valence-electron chi connectivity index (χ3n) is 2.35. The van der Waals surface area contributed by atoms with Gasteiger partial charge in [-0.15, -0.1) is 6.58 Å². The van der Waals surface area contributed by atoms with Crippen LogP contribution in [0.25, 0.3) is 0 Å². The summed E-state index contributed by atoms with van der Waals surface area (Å²) in [6.07, 6.45) is 4.17. The molecule has 1 aromatic rings. The van der Waals surface area contributed by atoms with E-state index >= 15 is 0 Å². The fourth-order valence-corrected chi connectivity index (χ4v) is 1.44. The van der Waals surface area contributed by atoms with Crippen molar-refractivity contribution in [3.63, 3.8) is 0 Å². The van der Waals surface area contributed by atoms with Crippen molar-refractivity contribution in [2.45, 2.75) is 32.7 Å². The first-order valence-corrected chi connectivity index (χ1v) is 5.17. The molecule has 0 heterocycles. The van der Waals surface area contributed by atoms with Gasteiger partial charge in [0.2, 0.25) is 0 Å². The summed E-state index contributed by atoms with van der Waals surface area (Å²) in [4.78, 5) is 0. The molecule has 1 nitrogen and oxygen atoms in total. The van der Waals surface area contributed by atoms with Gasteiger partial charge in [0.1, 0.15) is 0 Å². The molecule has 0 aliphatic heterocycles. The molecule has 1 unspecified atom stereocenters. The Morgan fingerprint density at radius 1 is 1.43 bits per heavy atom. The smallest absolute Gasteiger partial charge is 0.0371 e. The molecule has 0 bridgehead atoms. The highest BCUT2D eigenvalue weighted by Gasteiger charge is 2.01. The van der Waals surface area contributed by atoms with E-state index in [1.54, 1.807) is 0 Å². The molecule has 0 spiro atoms. The van der Waals surface area contributed by atoms with E-state index in [-0.39, 0.29) is 0 Å². The zero-order valence-corrected chi connectivity index (χ0v) is 9.09. The van der Waals surface area contributed by atoms with E-state index in [0.717, 1.165) is 12.8 Å². The van der Waals surface area contributed by atoms with Crippen LogP contribution in [0.4, 0.5) is 5.69 Å². The molecule has 1 atom stereocenters. The lowest BCUT2D eigenvalue weighted by Gasteiger charge is -2.15. The lowest BCUT2D eigenvalue weighted by molar-refractivity contribution is 0.718. The summed E-state index contributed by atoms with van der Waals surface area (Å²) < 4.78 is 0. The van der Waals surface area contributed by atoms with Crippen LogP contribution in [0.2, 0.25) is 0 Å². The van der Waals surface area contributed by atoms with Crippen LogP contribution < -0.4 is 5.32 Å². The van der Waals surface area contributed by atoms with Crippen LogP contribution in [0.15, 0.2) is 36.9 Å². The van der Waals surface area contributed by atoms with Crippen molar-refractivity contribution >= 4 is 5.69 Å². The number of hydrogen-bond acceptors (Lipinski definition) is 1. The first-order chi connectivity index (χ1) is 6.74. The molecule has 0 saturated carbocycles. The molecule has 0 fully saturated rings. The largest absolute Gasteiger partial charge is 0.382 e. The van der Waals surface area contributed by atoms with Crippen molar-refractivity contribution in [2.75, 3.05) is 5.32 Å². The van der Waals surface area contributed by atoms with E-state index in [4.69, 9.17) is 0 Å². The summed E-state index contributed by atoms with van der Waals surface area (Å²) in [7, 11) is 0. The fraction of sp³-hybridized carbons (Fsp3) is 0.385. The Morgan fingerprint density at radius 2 is 2.14 bits per heavy atom. The number of allylic oxidation sites excluding steroid dienone is 1. The minimum Gasteiger partial charge on any atom is -0.382 e. The van der Waals surface area contributed by atoms with E-state index in [0.29, 0.717) is 6.04 Å². The van der Waals surface area contributed by atoms with Gasteiger partial charge in [-0.3, -0.25) is 0 Å². The topological polar surface area (TPSA) is 12.0 Å². The Bertz CT molecular complexity index is 291. The van der Waals surface area contributed by atoms with Crippen LogP contribution in [0.3, 0.4) is 0 Å². The van der Waals surface area contributed by atoms with Crippen LogP contribution in [0.5, 0.6) is 0 Å². The molecule has 0 radical (unpaired) electrons. The van der Waals surface area contributed by atoms with Gasteiger partial charge in [-0.1, -0.05) is 24.3 Å². The minimum atomic E-state index is 0.508. The second kappa shape index (κ2) is 5.48. The van der Waals surface area contributed by atoms with Gasteiger partial charge in [0.25, 0.3) is 0 Å². The summed E-state index contributed by atoms with van der Waals surface area (Å²) in [5, 5.41) is 3.50. The number of benzene rings is 1. The maximum atomic E-state index is 3.73. The van der Waals surface area contributed by atoms with Crippen molar-refractivity contribution < 1.29 is 0 Å². The van der Waals surface area contributed by atoms with Crippen LogP contribution in [0, 0.1) is 6.92 Å². The highest BCUT2D eigenvalue weighted by atomic mass is 14.9. The molecular weight excluding hydrogens is 170 g/mol. The Hall–Kier alpha value is -1.24. The van der Waals surface area contributed by atoms with Crippen molar-refractivity contribution in [1.29, 1.82) is 0 Å². The maximum absolute atomic E-state index is 3.73. The Morgan fingerprint density at radius 3 is 2.79 bits per heavy atom. The lowest BCUT2D eigenvalue weighted by atomic mass is 10.1. The average Bonchev–Trinajstić information content (AvgIpc) is 2.18. The fourth-order valence-electron chi connectivity index (χ4n) is 1.44. The van der Waals surface area contributed by atoms with Crippen molar-refractivity contribution in [3.8, 4) is 0 Å². The maximum Gasteiger partial charge on any atom is 0.0371 e. The van der Waals surface area contributed by atoms with Gasteiger partial charge >= 0.3 is 0 Å². The number of hydrogen-bond donors (Lipinski definition) is 1. The normalized spacial score (nSPS) is 12.1. The minimum absolute atomic E-state index is 0.508. The summed E-state index contributed by atoms with van der Waals surface area (Å²) in [6, 6.07) is 8.89. The van der Waals surface area contributed by atoms with Gasteiger partial charge in [-0.2, -0.15) is 0 Å². The van der Waals surface area contributed by atoms with Crippen LogP contribution in [-0.4, -0.2) is 6.04 Å². The van der Waals surface area contributed by atoms with Gasteiger partial charge in [-0.05, 0) is 38.3 Å². The van der Waals surface area contributed by atoms with E-state index < -0.39 is 0 Å². The zero-order chi connectivity index (χ0) is 10.4. The molecule has 0 amide bonds.